The fraction of sp³-hybridized carbons (Fsp3) is 0.0556. The Morgan fingerprint density at radius 3 is 2.50 bits per heavy atom. The first-order chi connectivity index (χ1) is 12.5. The van der Waals surface area contributed by atoms with Crippen LogP contribution in [0.15, 0.2) is 70.7 Å². The Labute approximate surface area is 147 Å². The van der Waals surface area contributed by atoms with Gasteiger partial charge < -0.3 is 0 Å². The number of rotatable bonds is 4. The molecule has 1 aromatic heterocycles. The first kappa shape index (κ1) is 17.0. The molecular weight excluding hydrogens is 336 g/mol. The van der Waals surface area contributed by atoms with Gasteiger partial charge in [0.15, 0.2) is 5.43 Å². The Kier molecular flexibility index (Phi) is 4.57. The molecule has 0 aliphatic rings. The van der Waals surface area contributed by atoms with Crippen LogP contribution < -0.4 is 10.5 Å². The van der Waals surface area contributed by atoms with Gasteiger partial charge in [-0.05, 0) is 29.8 Å². The Balaban J connectivity index is 2.01. The van der Waals surface area contributed by atoms with Crippen LogP contribution in [-0.2, 0) is 4.79 Å². The van der Waals surface area contributed by atoms with Crippen molar-refractivity contribution in [1.82, 2.24) is 4.68 Å². The van der Waals surface area contributed by atoms with E-state index in [1.807, 2.05) is 0 Å². The predicted molar refractivity (Wildman–Crippen MR) is 97.8 cm³/mol. The molecule has 8 heteroatoms. The highest BCUT2D eigenvalue weighted by Gasteiger charge is 2.12. The molecule has 2 aromatic carbocycles. The number of nitro groups is 1. The molecule has 0 saturated heterocycles. The zero-order valence-electron chi connectivity index (χ0n) is 13.8. The number of nitro benzene ring substituents is 1. The SMILES string of the molecule is CC(=O)N(N=Cc1ccc([N+](=O)[O-])cc1)n1ccc(=O)c2ccccc21. The topological polar surface area (TPSA) is 97.8 Å². The van der Waals surface area contributed by atoms with Gasteiger partial charge in [0.1, 0.15) is 0 Å². The molecule has 0 fully saturated rings. The molecule has 3 rings (SSSR count). The van der Waals surface area contributed by atoms with Crippen LogP contribution in [0.5, 0.6) is 0 Å². The second-order valence-electron chi connectivity index (χ2n) is 5.44. The second kappa shape index (κ2) is 6.98. The number of nitrogens with zero attached hydrogens (tertiary/aromatic N) is 4. The Morgan fingerprint density at radius 1 is 1.15 bits per heavy atom. The fourth-order valence-electron chi connectivity index (χ4n) is 2.45. The number of benzene rings is 2. The highest BCUT2D eigenvalue weighted by Crippen LogP contribution is 2.12. The summed E-state index contributed by atoms with van der Waals surface area (Å²) < 4.78 is 1.47. The number of hydrazone groups is 1. The van der Waals surface area contributed by atoms with E-state index in [1.54, 1.807) is 24.3 Å². The summed E-state index contributed by atoms with van der Waals surface area (Å²) in [6.45, 7) is 1.35. The maximum absolute atomic E-state index is 12.1. The van der Waals surface area contributed by atoms with Crippen LogP contribution >= 0.6 is 0 Å². The third-order valence-electron chi connectivity index (χ3n) is 3.69. The van der Waals surface area contributed by atoms with Crippen molar-refractivity contribution < 1.29 is 9.72 Å². The number of hydrogen-bond acceptors (Lipinski definition) is 5. The van der Waals surface area contributed by atoms with Crippen LogP contribution in [0.3, 0.4) is 0 Å². The zero-order chi connectivity index (χ0) is 18.7. The summed E-state index contributed by atoms with van der Waals surface area (Å²) in [6.07, 6.45) is 2.89. The van der Waals surface area contributed by atoms with Crippen LogP contribution in [0.1, 0.15) is 12.5 Å². The molecule has 0 radical (unpaired) electrons. The number of hydrogen-bond donors (Lipinski definition) is 0. The van der Waals surface area contributed by atoms with Gasteiger partial charge in [0.05, 0.1) is 16.7 Å². The lowest BCUT2D eigenvalue weighted by Crippen LogP contribution is -2.34. The number of carbonyl (C=O) groups is 1. The normalized spacial score (nSPS) is 11.0. The number of non-ortho nitro benzene ring substituents is 1. The minimum Gasteiger partial charge on any atom is -0.289 e. The van der Waals surface area contributed by atoms with Gasteiger partial charge in [0.25, 0.3) is 11.6 Å². The first-order valence-corrected chi connectivity index (χ1v) is 7.67. The molecule has 0 N–H and O–H groups in total. The molecule has 3 aromatic rings. The molecule has 0 saturated carbocycles. The van der Waals surface area contributed by atoms with Crippen LogP contribution in [0.2, 0.25) is 0 Å². The van der Waals surface area contributed by atoms with Gasteiger partial charge in [-0.25, -0.2) is 4.68 Å². The van der Waals surface area contributed by atoms with Gasteiger partial charge in [-0.15, -0.1) is 5.12 Å². The van der Waals surface area contributed by atoms with Crippen LogP contribution in [0.25, 0.3) is 10.9 Å². The maximum Gasteiger partial charge on any atom is 0.269 e. The molecule has 1 amide bonds. The lowest BCUT2D eigenvalue weighted by molar-refractivity contribution is -0.384. The largest absolute Gasteiger partial charge is 0.289 e. The summed E-state index contributed by atoms with van der Waals surface area (Å²) in [5, 5.41) is 16.4. The number of amides is 1. The van der Waals surface area contributed by atoms with E-state index in [4.69, 9.17) is 0 Å². The zero-order valence-corrected chi connectivity index (χ0v) is 13.8. The minimum absolute atomic E-state index is 0.0306. The monoisotopic (exact) mass is 350 g/mol. The van der Waals surface area contributed by atoms with Crippen molar-refractivity contribution in [2.24, 2.45) is 5.10 Å². The number of fused-ring (bicyclic) bond motifs is 1. The molecule has 130 valence electrons. The van der Waals surface area contributed by atoms with Gasteiger partial charge in [-0.2, -0.15) is 5.10 Å². The Bertz CT molecular complexity index is 1070. The fourth-order valence-corrected chi connectivity index (χ4v) is 2.45. The lowest BCUT2D eigenvalue weighted by Gasteiger charge is -2.20. The lowest BCUT2D eigenvalue weighted by atomic mass is 10.2. The van der Waals surface area contributed by atoms with E-state index in [0.29, 0.717) is 16.5 Å². The number of para-hydroxylation sites is 1. The van der Waals surface area contributed by atoms with Crippen molar-refractivity contribution in [3.8, 4) is 0 Å². The molecule has 0 unspecified atom stereocenters. The number of carbonyl (C=O) groups excluding carboxylic acids is 1. The van der Waals surface area contributed by atoms with Crippen molar-refractivity contribution in [3.05, 3.63) is 86.7 Å². The molecule has 0 bridgehead atoms. The van der Waals surface area contributed by atoms with E-state index in [0.717, 1.165) is 5.12 Å². The molecule has 26 heavy (non-hydrogen) atoms. The van der Waals surface area contributed by atoms with E-state index >= 15 is 0 Å². The molecule has 0 aliphatic carbocycles. The van der Waals surface area contributed by atoms with Crippen LogP contribution in [0, 0.1) is 10.1 Å². The third kappa shape index (κ3) is 3.34. The van der Waals surface area contributed by atoms with Gasteiger partial charge in [0, 0.05) is 36.7 Å². The molecule has 1 heterocycles. The predicted octanol–water partition coefficient (Wildman–Crippen LogP) is 2.43. The summed E-state index contributed by atoms with van der Waals surface area (Å²) >= 11 is 0. The molecule has 8 nitrogen and oxygen atoms in total. The molecule has 0 aliphatic heterocycles. The molecule has 0 spiro atoms. The van der Waals surface area contributed by atoms with Crippen molar-refractivity contribution in [3.63, 3.8) is 0 Å². The van der Waals surface area contributed by atoms with Crippen molar-refractivity contribution in [2.75, 3.05) is 5.12 Å². The molecule has 0 atom stereocenters. The number of aromatic nitrogens is 1. The summed E-state index contributed by atoms with van der Waals surface area (Å²) in [5.74, 6) is -0.364. The van der Waals surface area contributed by atoms with Gasteiger partial charge in [0.2, 0.25) is 0 Å². The summed E-state index contributed by atoms with van der Waals surface area (Å²) in [6, 6.07) is 14.0. The average molecular weight is 350 g/mol. The van der Waals surface area contributed by atoms with Crippen molar-refractivity contribution >= 4 is 28.7 Å². The van der Waals surface area contributed by atoms with E-state index in [2.05, 4.69) is 5.10 Å². The standard InChI is InChI=1S/C18H14N4O4/c1-13(23)21(19-12-14-6-8-15(9-7-14)22(25)26)20-11-10-18(24)16-4-2-3-5-17(16)20/h2-12H,1H3. The van der Waals surface area contributed by atoms with E-state index < -0.39 is 4.92 Å². The second-order valence-corrected chi connectivity index (χ2v) is 5.44. The summed E-state index contributed by atoms with van der Waals surface area (Å²) in [4.78, 5) is 34.2. The van der Waals surface area contributed by atoms with Gasteiger partial charge in [-0.1, -0.05) is 12.1 Å². The van der Waals surface area contributed by atoms with Crippen LogP contribution in [-0.4, -0.2) is 21.7 Å². The van der Waals surface area contributed by atoms with Crippen LogP contribution in [0.4, 0.5) is 5.69 Å². The average Bonchev–Trinajstić information content (AvgIpc) is 2.64. The quantitative estimate of drug-likeness (QED) is 0.410. The first-order valence-electron chi connectivity index (χ1n) is 7.67. The Morgan fingerprint density at radius 2 is 1.85 bits per heavy atom. The summed E-state index contributed by atoms with van der Waals surface area (Å²) in [5.41, 5.74) is 0.944. The third-order valence-corrected chi connectivity index (χ3v) is 3.69. The van der Waals surface area contributed by atoms with E-state index in [1.165, 1.54) is 54.3 Å². The van der Waals surface area contributed by atoms with E-state index in [-0.39, 0.29) is 17.0 Å². The highest BCUT2D eigenvalue weighted by atomic mass is 16.6. The highest BCUT2D eigenvalue weighted by molar-refractivity contribution is 5.89. The van der Waals surface area contributed by atoms with Crippen molar-refractivity contribution in [2.45, 2.75) is 6.92 Å². The Hall–Kier alpha value is -3.81. The van der Waals surface area contributed by atoms with Crippen molar-refractivity contribution in [1.29, 1.82) is 0 Å². The number of pyridine rings is 1. The van der Waals surface area contributed by atoms with Gasteiger partial charge >= 0.3 is 0 Å². The van der Waals surface area contributed by atoms with E-state index in [9.17, 15) is 19.7 Å². The smallest absolute Gasteiger partial charge is 0.269 e. The summed E-state index contributed by atoms with van der Waals surface area (Å²) in [7, 11) is 0. The molecular formula is C18H14N4O4. The van der Waals surface area contributed by atoms with Gasteiger partial charge in [-0.3, -0.25) is 19.7 Å². The maximum atomic E-state index is 12.1. The minimum atomic E-state index is -0.491.